The summed E-state index contributed by atoms with van der Waals surface area (Å²) in [6.45, 7) is 3.29. The quantitative estimate of drug-likeness (QED) is 0.0295. The molecule has 18 nitrogen and oxygen atoms in total. The highest BCUT2D eigenvalue weighted by molar-refractivity contribution is 5.95. The van der Waals surface area contributed by atoms with Crippen LogP contribution in [0.5, 0.6) is 0 Å². The smallest absolute Gasteiger partial charge is 0.326 e. The summed E-state index contributed by atoms with van der Waals surface area (Å²) in [6, 6.07) is -6.47. The van der Waals surface area contributed by atoms with E-state index in [-0.39, 0.29) is 44.2 Å². The highest BCUT2D eigenvalue weighted by atomic mass is 16.4. The molecule has 252 valence electrons. The van der Waals surface area contributed by atoms with Gasteiger partial charge in [0.15, 0.2) is 5.96 Å². The van der Waals surface area contributed by atoms with Gasteiger partial charge < -0.3 is 59.5 Å². The van der Waals surface area contributed by atoms with Crippen LogP contribution in [0.3, 0.4) is 0 Å². The van der Waals surface area contributed by atoms with Crippen molar-refractivity contribution >= 4 is 41.5 Å². The Morgan fingerprint density at radius 3 is 1.70 bits per heavy atom. The van der Waals surface area contributed by atoms with Gasteiger partial charge in [-0.15, -0.1) is 0 Å². The van der Waals surface area contributed by atoms with E-state index < -0.39 is 85.2 Å². The van der Waals surface area contributed by atoms with Crippen molar-refractivity contribution in [3.8, 4) is 0 Å². The Kier molecular flexibility index (Phi) is 19.6. The number of nitrogens with one attached hydrogen (secondary N) is 4. The lowest BCUT2D eigenvalue weighted by Crippen LogP contribution is -2.59. The average molecular weight is 632 g/mol. The molecule has 0 bridgehead atoms. The standard InChI is InChI=1S/C26H49N9O9/c1-14(2)12-15(28)21(39)32-17(7-5-11-31-26(29)30)23(41)35-19(13-36)24(42)33-16(6-3-4-10-27)22(40)34-18(25(43)44)8-9-20(37)38/h14-19,36H,3-13,27-28H2,1-2H3,(H,32,39)(H,33,42)(H,34,40)(H,35,41)(H,37,38)(H,43,44)(H4,29,30,31). The molecule has 0 aromatic rings. The molecule has 0 fully saturated rings. The van der Waals surface area contributed by atoms with Gasteiger partial charge in [0.1, 0.15) is 24.2 Å². The first-order valence-corrected chi connectivity index (χ1v) is 14.4. The van der Waals surface area contributed by atoms with E-state index in [9.17, 15) is 39.0 Å². The summed E-state index contributed by atoms with van der Waals surface area (Å²) in [5.74, 6) is -6.07. The Morgan fingerprint density at radius 1 is 0.727 bits per heavy atom. The molecule has 44 heavy (non-hydrogen) atoms. The summed E-state index contributed by atoms with van der Waals surface area (Å²) in [4.78, 5) is 78.0. The van der Waals surface area contributed by atoms with Gasteiger partial charge in [0, 0.05) is 13.0 Å². The van der Waals surface area contributed by atoms with Crippen molar-refractivity contribution in [2.75, 3.05) is 19.7 Å². The number of nitrogens with two attached hydrogens (primary N) is 4. The molecule has 15 N–H and O–H groups in total. The molecule has 5 atom stereocenters. The van der Waals surface area contributed by atoms with Crippen molar-refractivity contribution in [3.63, 3.8) is 0 Å². The van der Waals surface area contributed by atoms with E-state index in [1.807, 2.05) is 13.8 Å². The van der Waals surface area contributed by atoms with Gasteiger partial charge in [-0.05, 0) is 57.4 Å². The van der Waals surface area contributed by atoms with Crippen LogP contribution in [0.15, 0.2) is 4.99 Å². The normalized spacial score (nSPS) is 14.3. The van der Waals surface area contributed by atoms with Crippen LogP contribution in [-0.2, 0) is 28.8 Å². The minimum atomic E-state index is -1.56. The summed E-state index contributed by atoms with van der Waals surface area (Å²) < 4.78 is 0. The number of carbonyl (C=O) groups is 6. The Hall–Kier alpha value is -4.03. The molecule has 0 spiro atoms. The first kappa shape index (κ1) is 40.0. The maximum atomic E-state index is 13.2. The molecular weight excluding hydrogens is 582 g/mol. The molecule has 0 aliphatic carbocycles. The number of guanidine groups is 1. The van der Waals surface area contributed by atoms with Gasteiger partial charge in [-0.2, -0.15) is 0 Å². The Bertz CT molecular complexity index is 990. The van der Waals surface area contributed by atoms with Gasteiger partial charge in [0.2, 0.25) is 23.6 Å². The van der Waals surface area contributed by atoms with E-state index in [2.05, 4.69) is 26.3 Å². The van der Waals surface area contributed by atoms with Crippen molar-refractivity contribution < 1.29 is 44.1 Å². The first-order valence-electron chi connectivity index (χ1n) is 14.4. The molecule has 4 amide bonds. The SMILES string of the molecule is CC(C)CC(N)C(=O)NC(CCCN=C(N)N)C(=O)NC(CO)C(=O)NC(CCCCN)C(=O)NC(CCC(=O)O)C(=O)O. The molecule has 18 heteroatoms. The van der Waals surface area contributed by atoms with Gasteiger partial charge in [0.25, 0.3) is 0 Å². The molecule has 0 radical (unpaired) electrons. The molecule has 5 unspecified atom stereocenters. The number of aliphatic carboxylic acids is 2. The van der Waals surface area contributed by atoms with E-state index in [1.54, 1.807) is 0 Å². The maximum absolute atomic E-state index is 13.2. The van der Waals surface area contributed by atoms with Gasteiger partial charge in [-0.1, -0.05) is 13.8 Å². The van der Waals surface area contributed by atoms with Crippen molar-refractivity contribution in [1.29, 1.82) is 0 Å². The Balaban J connectivity index is 5.73. The minimum Gasteiger partial charge on any atom is -0.481 e. The highest BCUT2D eigenvalue weighted by Crippen LogP contribution is 2.07. The van der Waals surface area contributed by atoms with Crippen molar-refractivity contribution in [1.82, 2.24) is 21.3 Å². The van der Waals surface area contributed by atoms with Gasteiger partial charge in [0.05, 0.1) is 12.6 Å². The number of aliphatic hydroxyl groups excluding tert-OH is 1. The van der Waals surface area contributed by atoms with Crippen LogP contribution in [0.2, 0.25) is 0 Å². The lowest BCUT2D eigenvalue weighted by Gasteiger charge is -2.26. The number of carbonyl (C=O) groups excluding carboxylic acids is 4. The average Bonchev–Trinajstić information content (AvgIpc) is 2.93. The molecule has 0 aromatic heterocycles. The summed E-state index contributed by atoms with van der Waals surface area (Å²) >= 11 is 0. The third kappa shape index (κ3) is 17.2. The fourth-order valence-electron chi connectivity index (χ4n) is 3.96. The molecule has 0 rings (SSSR count). The molecule has 0 heterocycles. The summed E-state index contributed by atoms with van der Waals surface area (Å²) in [6.07, 6.45) is 0.616. The number of hydrogen-bond acceptors (Lipinski definition) is 10. The number of hydrogen-bond donors (Lipinski definition) is 11. The van der Waals surface area contributed by atoms with Crippen LogP contribution >= 0.6 is 0 Å². The van der Waals surface area contributed by atoms with E-state index >= 15 is 0 Å². The second kappa shape index (κ2) is 21.6. The molecule has 0 saturated carbocycles. The fourth-order valence-corrected chi connectivity index (χ4v) is 3.96. The predicted octanol–water partition coefficient (Wildman–Crippen LogP) is -3.58. The maximum Gasteiger partial charge on any atom is 0.326 e. The zero-order chi connectivity index (χ0) is 33.8. The number of amides is 4. The van der Waals surface area contributed by atoms with Crippen molar-refractivity contribution in [2.45, 2.75) is 95.4 Å². The summed E-state index contributed by atoms with van der Waals surface area (Å²) in [5, 5.41) is 37.7. The van der Waals surface area contributed by atoms with Crippen molar-refractivity contribution in [2.24, 2.45) is 33.8 Å². The molecular formula is C26H49N9O9. The van der Waals surface area contributed by atoms with Crippen LogP contribution in [0.25, 0.3) is 0 Å². The highest BCUT2D eigenvalue weighted by Gasteiger charge is 2.31. The Labute approximate surface area is 256 Å². The van der Waals surface area contributed by atoms with E-state index in [4.69, 9.17) is 28.0 Å². The van der Waals surface area contributed by atoms with Gasteiger partial charge in [-0.25, -0.2) is 4.79 Å². The van der Waals surface area contributed by atoms with Crippen molar-refractivity contribution in [3.05, 3.63) is 0 Å². The number of aliphatic hydroxyl groups is 1. The van der Waals surface area contributed by atoms with Gasteiger partial charge >= 0.3 is 11.9 Å². The third-order valence-electron chi connectivity index (χ3n) is 6.30. The molecule has 0 saturated heterocycles. The Morgan fingerprint density at radius 2 is 1.23 bits per heavy atom. The van der Waals surface area contributed by atoms with E-state index in [0.29, 0.717) is 19.3 Å². The number of rotatable bonds is 23. The second-order valence-electron chi connectivity index (χ2n) is 10.7. The number of carboxylic acids is 2. The van der Waals surface area contributed by atoms with Crippen LogP contribution in [0.1, 0.15) is 65.2 Å². The number of carboxylic acid groups (broad SMARTS) is 2. The summed E-state index contributed by atoms with van der Waals surface area (Å²) in [5.41, 5.74) is 22.1. The third-order valence-corrected chi connectivity index (χ3v) is 6.30. The predicted molar refractivity (Wildman–Crippen MR) is 160 cm³/mol. The molecule has 0 aliphatic rings. The molecule has 0 aliphatic heterocycles. The second-order valence-corrected chi connectivity index (χ2v) is 10.7. The number of unbranched alkanes of at least 4 members (excludes halogenated alkanes) is 1. The zero-order valence-corrected chi connectivity index (χ0v) is 25.3. The monoisotopic (exact) mass is 631 g/mol. The van der Waals surface area contributed by atoms with E-state index in [1.165, 1.54) is 0 Å². The molecule has 0 aromatic carbocycles. The van der Waals surface area contributed by atoms with Crippen LogP contribution in [0.4, 0.5) is 0 Å². The zero-order valence-electron chi connectivity index (χ0n) is 25.3. The lowest BCUT2D eigenvalue weighted by molar-refractivity contribution is -0.143. The van der Waals surface area contributed by atoms with E-state index in [0.717, 1.165) is 0 Å². The number of aliphatic imine (C=N–C) groups is 1. The largest absolute Gasteiger partial charge is 0.481 e. The fraction of sp³-hybridized carbons (Fsp3) is 0.731. The van der Waals surface area contributed by atoms with Crippen LogP contribution < -0.4 is 44.2 Å². The summed E-state index contributed by atoms with van der Waals surface area (Å²) in [7, 11) is 0. The van der Waals surface area contributed by atoms with Crippen LogP contribution in [0, 0.1) is 5.92 Å². The first-order chi connectivity index (χ1) is 20.6. The van der Waals surface area contributed by atoms with Gasteiger partial charge in [-0.3, -0.25) is 29.0 Å². The minimum absolute atomic E-state index is 0.0311. The topological polar surface area (TPSA) is 328 Å². The van der Waals surface area contributed by atoms with Crippen LogP contribution in [-0.4, -0.2) is 107 Å². The number of nitrogens with zero attached hydrogens (tertiary/aromatic N) is 1. The lowest BCUT2D eigenvalue weighted by atomic mass is 10.0.